The van der Waals surface area contributed by atoms with Crippen molar-refractivity contribution in [2.24, 2.45) is 23.5 Å². The molecular weight excluding hydrogens is 390 g/mol. The Kier molecular flexibility index (Phi) is 7.25. The van der Waals surface area contributed by atoms with Crippen LogP contribution in [0, 0.1) is 17.8 Å². The number of nitrogens with two attached hydrogens (primary N) is 1. The molecule has 3 N–H and O–H groups in total. The third-order valence-electron chi connectivity index (χ3n) is 6.29. The molecule has 3 rings (SSSR count). The molecule has 0 radical (unpaired) electrons. The van der Waals surface area contributed by atoms with Crippen molar-refractivity contribution in [2.45, 2.75) is 57.1 Å². The van der Waals surface area contributed by atoms with Crippen molar-refractivity contribution in [1.29, 1.82) is 0 Å². The van der Waals surface area contributed by atoms with Crippen LogP contribution in [0.4, 0.5) is 4.79 Å². The fourth-order valence-electron chi connectivity index (χ4n) is 4.41. The fraction of sp³-hybridized carbons (Fsp3) is 0.714. The van der Waals surface area contributed by atoms with Crippen molar-refractivity contribution in [3.05, 3.63) is 12.2 Å². The Morgan fingerprint density at radius 2 is 2.10 bits per heavy atom. The third kappa shape index (κ3) is 4.89. The first-order valence-electron chi connectivity index (χ1n) is 10.7. The molecule has 3 aliphatic rings. The number of carbonyl (C=O) groups is 4. The maximum absolute atomic E-state index is 13.2. The van der Waals surface area contributed by atoms with Crippen molar-refractivity contribution in [1.82, 2.24) is 10.2 Å². The van der Waals surface area contributed by atoms with Crippen LogP contribution in [-0.2, 0) is 23.9 Å². The van der Waals surface area contributed by atoms with Gasteiger partial charge in [0.1, 0.15) is 18.6 Å². The van der Waals surface area contributed by atoms with Gasteiger partial charge in [-0.25, -0.2) is 4.79 Å². The van der Waals surface area contributed by atoms with E-state index in [9.17, 15) is 19.2 Å². The molecule has 0 bridgehead atoms. The van der Waals surface area contributed by atoms with E-state index in [1.54, 1.807) is 0 Å². The Balaban J connectivity index is 1.83. The molecule has 0 spiro atoms. The summed E-state index contributed by atoms with van der Waals surface area (Å²) in [6.45, 7) is 2.63. The van der Waals surface area contributed by atoms with Crippen LogP contribution >= 0.6 is 0 Å². The summed E-state index contributed by atoms with van der Waals surface area (Å²) in [5.74, 6) is -2.27. The minimum Gasteiger partial charge on any atom is -0.356 e. The number of hydrogen-bond donors (Lipinski definition) is 2. The summed E-state index contributed by atoms with van der Waals surface area (Å²) >= 11 is 0. The Morgan fingerprint density at radius 3 is 2.80 bits per heavy atom. The van der Waals surface area contributed by atoms with Crippen molar-refractivity contribution < 1.29 is 28.7 Å². The van der Waals surface area contributed by atoms with Crippen LogP contribution in [0.5, 0.6) is 0 Å². The van der Waals surface area contributed by atoms with Crippen molar-refractivity contribution >= 4 is 24.1 Å². The number of hydrogen-bond acceptors (Lipinski definition) is 6. The lowest BCUT2D eigenvalue weighted by molar-refractivity contribution is -0.139. The zero-order chi connectivity index (χ0) is 21.7. The van der Waals surface area contributed by atoms with Crippen LogP contribution in [0.2, 0.25) is 0 Å². The molecular formula is C21H31N3O6. The van der Waals surface area contributed by atoms with E-state index in [1.807, 2.05) is 19.1 Å². The highest BCUT2D eigenvalue weighted by molar-refractivity contribution is 5.98. The second-order valence-electron chi connectivity index (χ2n) is 8.29. The number of nitrogens with zero attached hydrogens (tertiary/aromatic N) is 1. The number of amides is 4. The monoisotopic (exact) mass is 421 g/mol. The van der Waals surface area contributed by atoms with Gasteiger partial charge in [0.2, 0.25) is 11.8 Å². The normalized spacial score (nSPS) is 35.6. The molecule has 0 saturated heterocycles. The number of primary amides is 1. The van der Waals surface area contributed by atoms with E-state index < -0.39 is 29.3 Å². The number of carbonyl (C=O) groups excluding carboxylic acids is 4. The first kappa shape index (κ1) is 22.4. The number of allylic oxidation sites excluding steroid dienone is 1. The standard InChI is InChI=1S/C21H31N3O6/c1-2-29-13-30-15-9-16-17(10-15)19(27)24(20(22)28)8-6-4-3-5-7-14-11-21(14,12-25)23-18(16)26/h5,7,12,14-17H,2-4,6,8-11,13H2,1H3,(H2,22,28)(H,23,26)/b7-5+. The molecule has 0 aromatic heterocycles. The lowest BCUT2D eigenvalue weighted by atomic mass is 9.93. The molecule has 2 saturated carbocycles. The molecule has 1 aliphatic heterocycles. The minimum atomic E-state index is -0.904. The van der Waals surface area contributed by atoms with Crippen LogP contribution in [0.1, 0.15) is 45.4 Å². The van der Waals surface area contributed by atoms with E-state index >= 15 is 0 Å². The van der Waals surface area contributed by atoms with E-state index in [4.69, 9.17) is 15.2 Å². The van der Waals surface area contributed by atoms with Crippen molar-refractivity contribution in [3.8, 4) is 0 Å². The Morgan fingerprint density at radius 1 is 1.33 bits per heavy atom. The van der Waals surface area contributed by atoms with Gasteiger partial charge in [0.15, 0.2) is 0 Å². The molecule has 0 aromatic carbocycles. The summed E-state index contributed by atoms with van der Waals surface area (Å²) in [6.07, 6.45) is 7.73. The average Bonchev–Trinajstić information content (AvgIpc) is 3.21. The molecule has 0 aromatic rings. The minimum absolute atomic E-state index is 0.0236. The van der Waals surface area contributed by atoms with Gasteiger partial charge in [-0.1, -0.05) is 12.2 Å². The highest BCUT2D eigenvalue weighted by atomic mass is 16.7. The van der Waals surface area contributed by atoms with E-state index in [0.29, 0.717) is 32.3 Å². The van der Waals surface area contributed by atoms with Crippen LogP contribution < -0.4 is 11.1 Å². The van der Waals surface area contributed by atoms with E-state index in [2.05, 4.69) is 5.32 Å². The highest BCUT2D eigenvalue weighted by Crippen LogP contribution is 2.44. The molecule has 2 fully saturated rings. The summed E-state index contributed by atoms with van der Waals surface area (Å²) in [4.78, 5) is 51.0. The predicted molar refractivity (Wildman–Crippen MR) is 107 cm³/mol. The van der Waals surface area contributed by atoms with Gasteiger partial charge in [0.05, 0.1) is 17.9 Å². The highest BCUT2D eigenvalue weighted by Gasteiger charge is 2.56. The molecule has 1 heterocycles. The smallest absolute Gasteiger partial charge is 0.321 e. The summed E-state index contributed by atoms with van der Waals surface area (Å²) in [7, 11) is 0. The number of nitrogens with one attached hydrogen (secondary N) is 1. The summed E-state index contributed by atoms with van der Waals surface area (Å²) in [5, 5.41) is 2.86. The average molecular weight is 421 g/mol. The van der Waals surface area contributed by atoms with Crippen molar-refractivity contribution in [2.75, 3.05) is 19.9 Å². The van der Waals surface area contributed by atoms with Gasteiger partial charge in [-0.05, 0) is 45.4 Å². The van der Waals surface area contributed by atoms with Crippen LogP contribution in [0.25, 0.3) is 0 Å². The molecule has 9 heteroatoms. The third-order valence-corrected chi connectivity index (χ3v) is 6.29. The second-order valence-corrected chi connectivity index (χ2v) is 8.29. The summed E-state index contributed by atoms with van der Waals surface area (Å²) in [6, 6.07) is -0.813. The van der Waals surface area contributed by atoms with Crippen LogP contribution in [-0.4, -0.2) is 60.6 Å². The van der Waals surface area contributed by atoms with Gasteiger partial charge in [0.25, 0.3) is 0 Å². The van der Waals surface area contributed by atoms with E-state index in [1.165, 1.54) is 0 Å². The van der Waals surface area contributed by atoms with Crippen LogP contribution in [0.15, 0.2) is 12.2 Å². The summed E-state index contributed by atoms with van der Waals surface area (Å²) < 4.78 is 10.9. The molecule has 5 unspecified atom stereocenters. The SMILES string of the molecule is CCOCOC1CC2C(=O)NC3(C=O)CC3/C=C/CCCCN(C(N)=O)C(=O)C2C1. The van der Waals surface area contributed by atoms with Gasteiger partial charge in [-0.3, -0.25) is 14.5 Å². The lowest BCUT2D eigenvalue weighted by Crippen LogP contribution is -2.49. The van der Waals surface area contributed by atoms with E-state index in [0.717, 1.165) is 24.0 Å². The maximum atomic E-state index is 13.2. The number of ether oxygens (including phenoxy) is 2. The Labute approximate surface area is 176 Å². The first-order valence-corrected chi connectivity index (χ1v) is 10.7. The van der Waals surface area contributed by atoms with Crippen molar-refractivity contribution in [3.63, 3.8) is 0 Å². The molecule has 5 atom stereocenters. The van der Waals surface area contributed by atoms with Gasteiger partial charge in [-0.15, -0.1) is 0 Å². The number of fused-ring (bicyclic) bond motifs is 2. The van der Waals surface area contributed by atoms with E-state index in [-0.39, 0.29) is 31.3 Å². The second kappa shape index (κ2) is 9.70. The van der Waals surface area contributed by atoms with Gasteiger partial charge in [0, 0.05) is 19.1 Å². The quantitative estimate of drug-likeness (QED) is 0.296. The number of rotatable bonds is 5. The zero-order valence-electron chi connectivity index (χ0n) is 17.4. The van der Waals surface area contributed by atoms with Crippen LogP contribution in [0.3, 0.4) is 0 Å². The molecule has 30 heavy (non-hydrogen) atoms. The molecule has 2 aliphatic carbocycles. The van der Waals surface area contributed by atoms with Gasteiger partial charge in [-0.2, -0.15) is 0 Å². The fourth-order valence-corrected chi connectivity index (χ4v) is 4.41. The Bertz CT molecular complexity index is 711. The number of urea groups is 1. The predicted octanol–water partition coefficient (Wildman–Crippen LogP) is 1.11. The molecule has 9 nitrogen and oxygen atoms in total. The van der Waals surface area contributed by atoms with Gasteiger partial charge >= 0.3 is 6.03 Å². The summed E-state index contributed by atoms with van der Waals surface area (Å²) in [5.41, 5.74) is 4.57. The lowest BCUT2D eigenvalue weighted by Gasteiger charge is -2.26. The molecule has 166 valence electrons. The number of imide groups is 1. The molecule has 4 amide bonds. The van der Waals surface area contributed by atoms with Gasteiger partial charge < -0.3 is 25.3 Å². The Hall–Kier alpha value is -2.26. The zero-order valence-corrected chi connectivity index (χ0v) is 17.4. The topological polar surface area (TPSA) is 128 Å². The first-order chi connectivity index (χ1) is 14.4. The largest absolute Gasteiger partial charge is 0.356 e. The maximum Gasteiger partial charge on any atom is 0.321 e. The number of aldehydes is 1.